The molecule has 0 saturated carbocycles. The molecule has 0 radical (unpaired) electrons. The zero-order valence-corrected chi connectivity index (χ0v) is 8.39. The molecular weight excluding hydrogens is 212 g/mol. The quantitative estimate of drug-likeness (QED) is 0.532. The van der Waals surface area contributed by atoms with Gasteiger partial charge in [0.25, 0.3) is 0 Å². The molecule has 0 fully saturated rings. The van der Waals surface area contributed by atoms with Crippen LogP contribution in [0.1, 0.15) is 27.6 Å². The van der Waals surface area contributed by atoms with Gasteiger partial charge in [0.1, 0.15) is 0 Å². The molecule has 82 valence electrons. The highest BCUT2D eigenvalue weighted by molar-refractivity contribution is 5.95. The summed E-state index contributed by atoms with van der Waals surface area (Å²) in [5.74, 6) is -2.24. The maximum Gasteiger partial charge on any atom is 0.345 e. The van der Waals surface area contributed by atoms with Gasteiger partial charge < -0.3 is 14.6 Å². The maximum absolute atomic E-state index is 11.5. The Morgan fingerprint density at radius 1 is 1.00 bits per heavy atom. The van der Waals surface area contributed by atoms with Crippen molar-refractivity contribution in [2.75, 3.05) is 0 Å². The summed E-state index contributed by atoms with van der Waals surface area (Å²) < 4.78 is 9.46. The minimum atomic E-state index is -0.690. The molecular formula is C11H8O5. The topological polar surface area (TPSA) is 72.8 Å². The number of hydrogen-bond donors (Lipinski definition) is 1. The Balaban J connectivity index is 2.50. The Morgan fingerprint density at radius 3 is 1.69 bits per heavy atom. The first kappa shape index (κ1) is 10.2. The van der Waals surface area contributed by atoms with Gasteiger partial charge >= 0.3 is 17.9 Å². The van der Waals surface area contributed by atoms with E-state index in [-0.39, 0.29) is 16.9 Å². The third kappa shape index (κ3) is 1.75. The van der Waals surface area contributed by atoms with Crippen LogP contribution in [0.3, 0.4) is 0 Å². The lowest BCUT2D eigenvalue weighted by molar-refractivity contribution is 0.0186. The van der Waals surface area contributed by atoms with Crippen molar-refractivity contribution in [3.63, 3.8) is 0 Å². The summed E-state index contributed by atoms with van der Waals surface area (Å²) in [6.07, 6.45) is 0. The summed E-state index contributed by atoms with van der Waals surface area (Å²) in [7, 11) is 0. The lowest BCUT2D eigenvalue weighted by Gasteiger charge is -2.06. The van der Waals surface area contributed by atoms with Crippen molar-refractivity contribution in [3.05, 3.63) is 47.1 Å². The molecule has 3 rings (SSSR count). The Labute approximate surface area is 90.9 Å². The zero-order chi connectivity index (χ0) is 11.7. The molecule has 0 amide bonds. The van der Waals surface area contributed by atoms with Crippen LogP contribution in [0.2, 0.25) is 0 Å². The highest BCUT2D eigenvalue weighted by Crippen LogP contribution is 2.17. The third-order valence-corrected chi connectivity index (χ3v) is 2.02. The van der Waals surface area contributed by atoms with E-state index >= 15 is 0 Å². The zero-order valence-electron chi connectivity index (χ0n) is 8.39. The van der Waals surface area contributed by atoms with Gasteiger partial charge in [0.15, 0.2) is 5.76 Å². The molecule has 2 aliphatic rings. The minimum Gasteiger partial charge on any atom is -0.506 e. The van der Waals surface area contributed by atoms with E-state index < -0.39 is 17.9 Å². The molecule has 0 atom stereocenters. The molecule has 0 aromatic heterocycles. The number of aliphatic hydroxyl groups is 1. The second-order valence-electron chi connectivity index (χ2n) is 3.23. The van der Waals surface area contributed by atoms with Crippen LogP contribution in [0, 0.1) is 0 Å². The normalized spacial score (nSPS) is 14.7. The van der Waals surface area contributed by atoms with Crippen LogP contribution in [0.15, 0.2) is 36.0 Å². The molecule has 5 nitrogen and oxygen atoms in total. The summed E-state index contributed by atoms with van der Waals surface area (Å²) >= 11 is 0. The van der Waals surface area contributed by atoms with Crippen molar-refractivity contribution in [1.29, 1.82) is 0 Å². The predicted molar refractivity (Wildman–Crippen MR) is 52.6 cm³/mol. The average molecular weight is 220 g/mol. The van der Waals surface area contributed by atoms with Crippen LogP contribution < -0.4 is 0 Å². The van der Waals surface area contributed by atoms with Gasteiger partial charge in [-0.05, 0) is 24.3 Å². The number of ether oxygens (including phenoxy) is 2. The van der Waals surface area contributed by atoms with Crippen molar-refractivity contribution < 1.29 is 24.2 Å². The first-order chi connectivity index (χ1) is 7.58. The molecule has 0 aliphatic carbocycles. The fraction of sp³-hybridized carbons (Fsp3) is 0.0909. The van der Waals surface area contributed by atoms with Gasteiger partial charge in [-0.3, -0.25) is 0 Å². The van der Waals surface area contributed by atoms with E-state index in [1.807, 2.05) is 0 Å². The largest absolute Gasteiger partial charge is 0.506 e. The standard InChI is InChI=1S/C11H8O5/c1-6(12)11-15-9(13)7-2-3-8(5-4-7)10(14)16-11/h2-5,12H,1H3. The third-order valence-electron chi connectivity index (χ3n) is 2.02. The summed E-state index contributed by atoms with van der Waals surface area (Å²) in [6.45, 7) is 1.26. The van der Waals surface area contributed by atoms with Gasteiger partial charge in [0.05, 0.1) is 11.1 Å². The number of aliphatic hydroxyl groups excluding tert-OH is 1. The summed E-state index contributed by atoms with van der Waals surface area (Å²) in [5, 5.41) is 9.18. The Kier molecular flexibility index (Phi) is 2.36. The van der Waals surface area contributed by atoms with Crippen LogP contribution in [0.4, 0.5) is 0 Å². The number of benzene rings is 1. The number of hydrogen-bond acceptors (Lipinski definition) is 5. The number of allylic oxidation sites excluding steroid dienone is 1. The lowest BCUT2D eigenvalue weighted by atomic mass is 10.1. The summed E-state index contributed by atoms with van der Waals surface area (Å²) in [5.41, 5.74) is 0.557. The SMILES string of the molecule is CC(O)=C1OC(=O)c2ccc(cc2)C(=O)O1. The molecule has 2 bridgehead atoms. The van der Waals surface area contributed by atoms with Gasteiger partial charge in [-0.25, -0.2) is 9.59 Å². The number of carbonyl (C=O) groups is 2. The van der Waals surface area contributed by atoms with Crippen LogP contribution >= 0.6 is 0 Å². The number of esters is 2. The van der Waals surface area contributed by atoms with Gasteiger partial charge in [-0.1, -0.05) is 0 Å². The van der Waals surface area contributed by atoms with Crippen molar-refractivity contribution in [1.82, 2.24) is 0 Å². The molecule has 1 aromatic carbocycles. The highest BCUT2D eigenvalue weighted by atomic mass is 16.7. The van der Waals surface area contributed by atoms with E-state index in [2.05, 4.69) is 0 Å². The maximum atomic E-state index is 11.5. The van der Waals surface area contributed by atoms with E-state index in [0.29, 0.717) is 0 Å². The molecule has 16 heavy (non-hydrogen) atoms. The second-order valence-corrected chi connectivity index (χ2v) is 3.23. The molecule has 0 spiro atoms. The molecule has 2 heterocycles. The van der Waals surface area contributed by atoms with E-state index in [4.69, 9.17) is 9.47 Å². The first-order valence-corrected chi connectivity index (χ1v) is 4.52. The summed E-state index contributed by atoms with van der Waals surface area (Å²) in [4.78, 5) is 23.0. The molecule has 0 saturated heterocycles. The molecule has 1 aromatic rings. The van der Waals surface area contributed by atoms with Crippen LogP contribution in [-0.2, 0) is 9.47 Å². The van der Waals surface area contributed by atoms with E-state index in [9.17, 15) is 14.7 Å². The van der Waals surface area contributed by atoms with Gasteiger partial charge in [-0.15, -0.1) is 0 Å². The van der Waals surface area contributed by atoms with Crippen LogP contribution in [-0.4, -0.2) is 17.0 Å². The Bertz CT molecular complexity index is 441. The first-order valence-electron chi connectivity index (χ1n) is 4.52. The fourth-order valence-electron chi connectivity index (χ4n) is 1.20. The number of fused-ring (bicyclic) bond motifs is 6. The smallest absolute Gasteiger partial charge is 0.345 e. The molecule has 2 aliphatic heterocycles. The lowest BCUT2D eigenvalue weighted by Crippen LogP contribution is -2.10. The number of rotatable bonds is 0. The highest BCUT2D eigenvalue weighted by Gasteiger charge is 2.21. The van der Waals surface area contributed by atoms with E-state index in [1.54, 1.807) is 0 Å². The minimum absolute atomic E-state index is 0.279. The monoisotopic (exact) mass is 220 g/mol. The van der Waals surface area contributed by atoms with Gasteiger partial charge in [0, 0.05) is 6.92 Å². The van der Waals surface area contributed by atoms with Crippen LogP contribution in [0.25, 0.3) is 0 Å². The van der Waals surface area contributed by atoms with Crippen molar-refractivity contribution in [2.45, 2.75) is 6.92 Å². The Morgan fingerprint density at radius 2 is 1.38 bits per heavy atom. The summed E-state index contributed by atoms with van der Waals surface area (Å²) in [6, 6.07) is 5.81. The van der Waals surface area contributed by atoms with Crippen molar-refractivity contribution >= 4 is 11.9 Å². The van der Waals surface area contributed by atoms with Gasteiger partial charge in [0.2, 0.25) is 0 Å². The molecule has 0 unspecified atom stereocenters. The predicted octanol–water partition coefficient (Wildman–Crippen LogP) is 1.76. The van der Waals surface area contributed by atoms with E-state index in [0.717, 1.165) is 0 Å². The fourth-order valence-corrected chi connectivity index (χ4v) is 1.20. The molecule has 1 N–H and O–H groups in total. The van der Waals surface area contributed by atoms with Crippen LogP contribution in [0.5, 0.6) is 0 Å². The van der Waals surface area contributed by atoms with Crippen molar-refractivity contribution in [3.8, 4) is 0 Å². The second kappa shape index (κ2) is 3.69. The number of carbonyl (C=O) groups excluding carboxylic acids is 2. The average Bonchev–Trinajstić information content (AvgIpc) is 2.35. The van der Waals surface area contributed by atoms with E-state index in [1.165, 1.54) is 31.2 Å². The Hall–Kier alpha value is -2.30. The van der Waals surface area contributed by atoms with Gasteiger partial charge in [-0.2, -0.15) is 0 Å². The van der Waals surface area contributed by atoms with Crippen molar-refractivity contribution in [2.24, 2.45) is 0 Å². The molecule has 5 heteroatoms.